The number of aromatic amines is 1. The van der Waals surface area contributed by atoms with Crippen LogP contribution < -0.4 is 21.7 Å². The Labute approximate surface area is 194 Å². The molecule has 0 fully saturated rings. The number of nitrogens with one attached hydrogen (secondary N) is 4. The second kappa shape index (κ2) is 12.2. The molecule has 180 valence electrons. The Balaban J connectivity index is 2.05. The van der Waals surface area contributed by atoms with Crippen molar-refractivity contribution in [1.29, 1.82) is 0 Å². The minimum Gasteiger partial charge on any atom is -0.480 e. The van der Waals surface area contributed by atoms with Crippen molar-refractivity contribution in [2.24, 2.45) is 5.73 Å². The molecular weight excluding hydrogens is 454 g/mol. The van der Waals surface area contributed by atoms with Crippen molar-refractivity contribution in [2.45, 2.75) is 30.6 Å². The molecular formula is C20H27N5O7S. The molecule has 1 heterocycles. The number of hydrogen-bond donors (Lipinski definition) is 9. The van der Waals surface area contributed by atoms with Gasteiger partial charge in [0.05, 0.1) is 13.2 Å². The average Bonchev–Trinajstić information content (AvgIpc) is 3.22. The van der Waals surface area contributed by atoms with Crippen LogP contribution in [-0.4, -0.2) is 87.1 Å². The van der Waals surface area contributed by atoms with Gasteiger partial charge < -0.3 is 42.0 Å². The molecule has 1 aromatic carbocycles. The van der Waals surface area contributed by atoms with Crippen LogP contribution in [0.2, 0.25) is 0 Å². The van der Waals surface area contributed by atoms with Crippen LogP contribution in [0.4, 0.5) is 0 Å². The molecule has 33 heavy (non-hydrogen) atoms. The smallest absolute Gasteiger partial charge is 0.326 e. The first-order valence-electron chi connectivity index (χ1n) is 9.98. The van der Waals surface area contributed by atoms with Gasteiger partial charge in [-0.2, -0.15) is 12.6 Å². The highest BCUT2D eigenvalue weighted by atomic mass is 32.1. The summed E-state index contributed by atoms with van der Waals surface area (Å²) in [6, 6.07) is 2.00. The zero-order valence-corrected chi connectivity index (χ0v) is 18.4. The van der Waals surface area contributed by atoms with Gasteiger partial charge in [0.2, 0.25) is 17.7 Å². The topological polar surface area (TPSA) is 207 Å². The molecule has 4 atom stereocenters. The van der Waals surface area contributed by atoms with E-state index in [4.69, 9.17) is 10.8 Å². The Morgan fingerprint density at radius 2 is 1.55 bits per heavy atom. The fraction of sp³-hybridized carbons (Fsp3) is 0.400. The second-order valence-corrected chi connectivity index (χ2v) is 7.60. The number of aromatic nitrogens is 1. The van der Waals surface area contributed by atoms with Gasteiger partial charge in [0, 0.05) is 29.3 Å². The number of carboxylic acid groups (broad SMARTS) is 1. The number of para-hydroxylation sites is 1. The zero-order chi connectivity index (χ0) is 24.5. The molecule has 9 N–H and O–H groups in total. The van der Waals surface area contributed by atoms with E-state index in [-0.39, 0.29) is 12.2 Å². The lowest BCUT2D eigenvalue weighted by molar-refractivity contribution is -0.142. The summed E-state index contributed by atoms with van der Waals surface area (Å²) in [7, 11) is 0. The number of thiol groups is 1. The quantitative estimate of drug-likeness (QED) is 0.148. The van der Waals surface area contributed by atoms with Crippen molar-refractivity contribution in [3.8, 4) is 0 Å². The number of carbonyl (C=O) groups is 4. The molecule has 0 saturated carbocycles. The van der Waals surface area contributed by atoms with Gasteiger partial charge in [-0.15, -0.1) is 0 Å². The summed E-state index contributed by atoms with van der Waals surface area (Å²) >= 11 is 3.97. The van der Waals surface area contributed by atoms with E-state index in [1.807, 2.05) is 18.2 Å². The highest BCUT2D eigenvalue weighted by Crippen LogP contribution is 2.19. The molecule has 2 rings (SSSR count). The number of hydrogen-bond acceptors (Lipinski definition) is 8. The maximum atomic E-state index is 12.6. The first-order chi connectivity index (χ1) is 15.7. The number of amides is 3. The molecule has 0 bridgehead atoms. The summed E-state index contributed by atoms with van der Waals surface area (Å²) in [5, 5.41) is 35.7. The maximum Gasteiger partial charge on any atom is 0.326 e. The number of carbonyl (C=O) groups excluding carboxylic acids is 3. The number of aliphatic carboxylic acids is 1. The standard InChI is InChI=1S/C20H27N5O7S/c21-12(7-26)17(28)25-16(9-33)19(30)24-15(8-27)18(29)23-14(20(31)32)5-10-6-22-13-4-2-1-3-11(10)13/h1-4,6,12,14-16,22,26-27,33H,5,7-9,21H2,(H,23,29)(H,24,30)(H,25,28)(H,31,32). The Bertz CT molecular complexity index is 998. The molecule has 0 saturated heterocycles. The third-order valence-corrected chi connectivity index (χ3v) is 5.24. The highest BCUT2D eigenvalue weighted by Gasteiger charge is 2.30. The van der Waals surface area contributed by atoms with Crippen LogP contribution in [-0.2, 0) is 25.6 Å². The Morgan fingerprint density at radius 3 is 2.15 bits per heavy atom. The number of rotatable bonds is 12. The maximum absolute atomic E-state index is 12.6. The fourth-order valence-corrected chi connectivity index (χ4v) is 3.27. The van der Waals surface area contributed by atoms with Crippen molar-refractivity contribution in [3.63, 3.8) is 0 Å². The molecule has 0 aliphatic rings. The molecule has 0 aliphatic heterocycles. The van der Waals surface area contributed by atoms with Crippen LogP contribution in [0.25, 0.3) is 10.9 Å². The lowest BCUT2D eigenvalue weighted by Crippen LogP contribution is -2.59. The number of nitrogens with two attached hydrogens (primary N) is 1. The molecule has 12 nitrogen and oxygen atoms in total. The van der Waals surface area contributed by atoms with Crippen LogP contribution in [0, 0.1) is 0 Å². The monoisotopic (exact) mass is 481 g/mol. The summed E-state index contributed by atoms with van der Waals surface area (Å²) in [4.78, 5) is 51.6. The van der Waals surface area contributed by atoms with Crippen LogP contribution >= 0.6 is 12.6 Å². The molecule has 1 aromatic heterocycles. The van der Waals surface area contributed by atoms with Gasteiger partial charge in [0.25, 0.3) is 0 Å². The van der Waals surface area contributed by atoms with Crippen LogP contribution in [0.3, 0.4) is 0 Å². The van der Waals surface area contributed by atoms with Crippen LogP contribution in [0.1, 0.15) is 5.56 Å². The van der Waals surface area contributed by atoms with E-state index < -0.39 is 61.1 Å². The lowest BCUT2D eigenvalue weighted by Gasteiger charge is -2.23. The van der Waals surface area contributed by atoms with E-state index in [9.17, 15) is 29.4 Å². The summed E-state index contributed by atoms with van der Waals surface area (Å²) < 4.78 is 0. The summed E-state index contributed by atoms with van der Waals surface area (Å²) in [6.45, 7) is -1.46. The van der Waals surface area contributed by atoms with Gasteiger partial charge in [-0.05, 0) is 11.6 Å². The van der Waals surface area contributed by atoms with Gasteiger partial charge in [-0.3, -0.25) is 14.4 Å². The molecule has 0 aliphatic carbocycles. The van der Waals surface area contributed by atoms with Gasteiger partial charge >= 0.3 is 5.97 Å². The summed E-state index contributed by atoms with van der Waals surface area (Å²) in [6.07, 6.45) is 1.61. The molecule has 0 spiro atoms. The van der Waals surface area contributed by atoms with E-state index in [1.54, 1.807) is 12.3 Å². The van der Waals surface area contributed by atoms with Crippen molar-refractivity contribution in [3.05, 3.63) is 36.0 Å². The first-order valence-corrected chi connectivity index (χ1v) is 10.6. The Kier molecular flexibility index (Phi) is 9.66. The van der Waals surface area contributed by atoms with Crippen molar-refractivity contribution < 1.29 is 34.5 Å². The largest absolute Gasteiger partial charge is 0.480 e. The van der Waals surface area contributed by atoms with Gasteiger partial charge in [0.1, 0.15) is 24.2 Å². The molecule has 13 heteroatoms. The minimum absolute atomic E-state index is 0.0362. The zero-order valence-electron chi connectivity index (χ0n) is 17.5. The fourth-order valence-electron chi connectivity index (χ4n) is 3.01. The van der Waals surface area contributed by atoms with E-state index in [2.05, 4.69) is 33.6 Å². The van der Waals surface area contributed by atoms with Crippen molar-refractivity contribution in [2.75, 3.05) is 19.0 Å². The number of H-pyrrole nitrogens is 1. The second-order valence-electron chi connectivity index (χ2n) is 7.24. The average molecular weight is 482 g/mol. The van der Waals surface area contributed by atoms with Gasteiger partial charge in [0.15, 0.2) is 0 Å². The van der Waals surface area contributed by atoms with Crippen molar-refractivity contribution in [1.82, 2.24) is 20.9 Å². The normalized spacial score (nSPS) is 14.7. The van der Waals surface area contributed by atoms with Crippen LogP contribution in [0.15, 0.2) is 30.5 Å². The predicted molar refractivity (Wildman–Crippen MR) is 121 cm³/mol. The summed E-state index contributed by atoms with van der Waals surface area (Å²) in [5.41, 5.74) is 6.86. The molecule has 3 amide bonds. The molecule has 0 radical (unpaired) electrons. The van der Waals surface area contributed by atoms with E-state index in [0.717, 1.165) is 10.9 Å². The SMILES string of the molecule is NC(CO)C(=O)NC(CS)C(=O)NC(CO)C(=O)NC(Cc1c[nH]c2ccccc12)C(=O)O. The molecule has 2 aromatic rings. The minimum atomic E-state index is -1.48. The van der Waals surface area contributed by atoms with E-state index in [1.165, 1.54) is 0 Å². The van der Waals surface area contributed by atoms with Crippen LogP contribution in [0.5, 0.6) is 0 Å². The predicted octanol–water partition coefficient (Wildman–Crippen LogP) is -2.51. The van der Waals surface area contributed by atoms with E-state index in [0.29, 0.717) is 5.56 Å². The third kappa shape index (κ3) is 6.92. The summed E-state index contributed by atoms with van der Waals surface area (Å²) in [5.74, 6) is -4.03. The Hall–Kier alpha value is -3.13. The van der Waals surface area contributed by atoms with Gasteiger partial charge in [-0.25, -0.2) is 4.79 Å². The molecule has 4 unspecified atom stereocenters. The van der Waals surface area contributed by atoms with Crippen molar-refractivity contribution >= 4 is 47.2 Å². The van der Waals surface area contributed by atoms with Gasteiger partial charge in [-0.1, -0.05) is 18.2 Å². The lowest BCUT2D eigenvalue weighted by atomic mass is 10.0. The number of fused-ring (bicyclic) bond motifs is 1. The van der Waals surface area contributed by atoms with E-state index >= 15 is 0 Å². The number of aliphatic hydroxyl groups excluding tert-OH is 2. The highest BCUT2D eigenvalue weighted by molar-refractivity contribution is 7.80. The number of aliphatic hydroxyl groups is 2. The first kappa shape index (κ1) is 26.1. The Morgan fingerprint density at radius 1 is 0.939 bits per heavy atom. The third-order valence-electron chi connectivity index (χ3n) is 4.88. The number of benzene rings is 1. The number of carboxylic acids is 1.